The average Bonchev–Trinajstić information content (AvgIpc) is 2.54. The topological polar surface area (TPSA) is 95.1 Å². The molecule has 1 aromatic heterocycles. The fourth-order valence-electron chi connectivity index (χ4n) is 1.20. The lowest BCUT2D eigenvalue weighted by molar-refractivity contribution is -0.138. The molecular formula is C8H11N3O3. The number of carbonyl (C=O) groups excluding carboxylic acids is 1. The summed E-state index contributed by atoms with van der Waals surface area (Å²) in [5.41, 5.74) is -0.989. The maximum atomic E-state index is 10.6. The maximum Gasteiger partial charge on any atom is 0.306 e. The molecule has 0 saturated heterocycles. The number of carboxylic acids is 1. The van der Waals surface area contributed by atoms with Crippen molar-refractivity contribution in [1.82, 2.24) is 15.3 Å². The van der Waals surface area contributed by atoms with Gasteiger partial charge in [-0.3, -0.25) is 9.59 Å². The van der Waals surface area contributed by atoms with Gasteiger partial charge in [-0.1, -0.05) is 0 Å². The number of nitrogens with one attached hydrogen (secondary N) is 2. The molecule has 0 bridgehead atoms. The van der Waals surface area contributed by atoms with Crippen molar-refractivity contribution in [2.24, 2.45) is 0 Å². The van der Waals surface area contributed by atoms with Crippen molar-refractivity contribution in [1.29, 1.82) is 0 Å². The van der Waals surface area contributed by atoms with Gasteiger partial charge < -0.3 is 15.4 Å². The largest absolute Gasteiger partial charge is 0.481 e. The van der Waals surface area contributed by atoms with Crippen LogP contribution in [-0.2, 0) is 15.1 Å². The first-order chi connectivity index (χ1) is 6.58. The smallest absolute Gasteiger partial charge is 0.306 e. The number of nitrogens with zero attached hydrogens (tertiary/aromatic N) is 1. The van der Waals surface area contributed by atoms with E-state index in [1.807, 2.05) is 0 Å². The number of H-pyrrole nitrogens is 1. The molecule has 1 atom stereocenters. The highest BCUT2D eigenvalue weighted by atomic mass is 16.4. The van der Waals surface area contributed by atoms with Gasteiger partial charge in [0.2, 0.25) is 6.41 Å². The standard InChI is InChI=1S/C8H11N3O3/c1-8(11-5-12,4-6(13)14)7-9-2-3-10-7/h2-3,5H,4H2,1H3,(H,9,10)(H,11,12)(H,13,14). The lowest BCUT2D eigenvalue weighted by atomic mass is 9.97. The van der Waals surface area contributed by atoms with Crippen molar-refractivity contribution >= 4 is 12.4 Å². The minimum absolute atomic E-state index is 0.223. The van der Waals surface area contributed by atoms with Gasteiger partial charge in [0, 0.05) is 12.4 Å². The molecule has 1 rings (SSSR count). The average molecular weight is 197 g/mol. The van der Waals surface area contributed by atoms with Crippen LogP contribution in [0.15, 0.2) is 12.4 Å². The highest BCUT2D eigenvalue weighted by molar-refractivity contribution is 5.69. The number of hydrogen-bond donors (Lipinski definition) is 3. The molecule has 0 saturated carbocycles. The van der Waals surface area contributed by atoms with E-state index in [4.69, 9.17) is 5.11 Å². The van der Waals surface area contributed by atoms with E-state index >= 15 is 0 Å². The van der Waals surface area contributed by atoms with Crippen LogP contribution >= 0.6 is 0 Å². The molecule has 14 heavy (non-hydrogen) atoms. The second-order valence-corrected chi connectivity index (χ2v) is 3.10. The molecule has 0 fully saturated rings. The van der Waals surface area contributed by atoms with Gasteiger partial charge >= 0.3 is 5.97 Å². The van der Waals surface area contributed by atoms with Crippen LogP contribution in [0.5, 0.6) is 0 Å². The van der Waals surface area contributed by atoms with E-state index in [1.54, 1.807) is 13.1 Å². The lowest BCUT2D eigenvalue weighted by Gasteiger charge is -2.24. The zero-order chi connectivity index (χ0) is 10.6. The van der Waals surface area contributed by atoms with Crippen LogP contribution in [-0.4, -0.2) is 27.5 Å². The summed E-state index contributed by atoms with van der Waals surface area (Å²) in [5.74, 6) is -0.578. The van der Waals surface area contributed by atoms with Crippen LogP contribution in [0.2, 0.25) is 0 Å². The predicted octanol–water partition coefficient (Wildman–Crippen LogP) is -0.154. The number of imidazole rings is 1. The molecule has 6 nitrogen and oxygen atoms in total. The third-order valence-electron chi connectivity index (χ3n) is 1.90. The van der Waals surface area contributed by atoms with E-state index in [0.717, 1.165) is 0 Å². The number of carbonyl (C=O) groups is 2. The second-order valence-electron chi connectivity index (χ2n) is 3.10. The van der Waals surface area contributed by atoms with Gasteiger partial charge in [0.05, 0.1) is 6.42 Å². The molecule has 1 amide bonds. The normalized spacial score (nSPS) is 14.4. The zero-order valence-electron chi connectivity index (χ0n) is 7.65. The van der Waals surface area contributed by atoms with Crippen molar-refractivity contribution in [2.75, 3.05) is 0 Å². The number of amides is 1. The Hall–Kier alpha value is -1.85. The monoisotopic (exact) mass is 197 g/mol. The molecule has 6 heteroatoms. The molecule has 1 aromatic rings. The Balaban J connectivity index is 2.92. The van der Waals surface area contributed by atoms with Crippen LogP contribution in [0.3, 0.4) is 0 Å². The first kappa shape index (κ1) is 10.2. The fraction of sp³-hybridized carbons (Fsp3) is 0.375. The van der Waals surface area contributed by atoms with Crippen LogP contribution < -0.4 is 5.32 Å². The summed E-state index contributed by atoms with van der Waals surface area (Å²) in [4.78, 5) is 27.6. The molecule has 0 spiro atoms. The molecule has 0 aliphatic heterocycles. The van der Waals surface area contributed by atoms with Gasteiger partial charge in [0.25, 0.3) is 0 Å². The number of hydrogen-bond acceptors (Lipinski definition) is 3. The quantitative estimate of drug-likeness (QED) is 0.572. The minimum atomic E-state index is -1.00. The second kappa shape index (κ2) is 3.91. The fourth-order valence-corrected chi connectivity index (χ4v) is 1.20. The van der Waals surface area contributed by atoms with Crippen molar-refractivity contribution in [3.05, 3.63) is 18.2 Å². The first-order valence-electron chi connectivity index (χ1n) is 4.01. The summed E-state index contributed by atoms with van der Waals surface area (Å²) in [6.45, 7) is 1.59. The van der Waals surface area contributed by atoms with Crippen molar-refractivity contribution in [2.45, 2.75) is 18.9 Å². The molecule has 1 heterocycles. The molecular weight excluding hydrogens is 186 g/mol. The van der Waals surface area contributed by atoms with E-state index in [-0.39, 0.29) is 6.42 Å². The van der Waals surface area contributed by atoms with Gasteiger partial charge in [-0.05, 0) is 6.92 Å². The van der Waals surface area contributed by atoms with Gasteiger partial charge in [-0.15, -0.1) is 0 Å². The predicted molar refractivity (Wildman–Crippen MR) is 47.4 cm³/mol. The van der Waals surface area contributed by atoms with Gasteiger partial charge in [-0.25, -0.2) is 4.98 Å². The Labute approximate surface area is 80.4 Å². The molecule has 0 aromatic carbocycles. The van der Waals surface area contributed by atoms with E-state index in [1.165, 1.54) is 6.20 Å². The van der Waals surface area contributed by atoms with E-state index in [2.05, 4.69) is 15.3 Å². The number of rotatable bonds is 5. The number of carboxylic acid groups (broad SMARTS) is 1. The Kier molecular flexibility index (Phi) is 2.85. The zero-order valence-corrected chi connectivity index (χ0v) is 7.65. The Bertz CT molecular complexity index is 323. The van der Waals surface area contributed by atoms with Gasteiger partial charge in [0.15, 0.2) is 0 Å². The summed E-state index contributed by atoms with van der Waals surface area (Å²) in [6, 6.07) is 0. The van der Waals surface area contributed by atoms with Crippen LogP contribution in [0.4, 0.5) is 0 Å². The lowest BCUT2D eigenvalue weighted by Crippen LogP contribution is -2.41. The first-order valence-corrected chi connectivity index (χ1v) is 4.01. The van der Waals surface area contributed by atoms with Gasteiger partial charge in [0.1, 0.15) is 11.4 Å². The molecule has 3 N–H and O–H groups in total. The third kappa shape index (κ3) is 2.09. The highest BCUT2D eigenvalue weighted by Gasteiger charge is 2.31. The molecule has 0 aliphatic rings. The van der Waals surface area contributed by atoms with E-state index in [9.17, 15) is 9.59 Å². The molecule has 76 valence electrons. The Morgan fingerprint density at radius 1 is 1.86 bits per heavy atom. The number of aromatic nitrogens is 2. The molecule has 0 radical (unpaired) electrons. The summed E-state index contributed by atoms with van der Waals surface area (Å²) >= 11 is 0. The van der Waals surface area contributed by atoms with Crippen LogP contribution in [0.1, 0.15) is 19.2 Å². The summed E-state index contributed by atoms with van der Waals surface area (Å²) in [7, 11) is 0. The molecule has 0 aliphatic carbocycles. The van der Waals surface area contributed by atoms with Crippen LogP contribution in [0.25, 0.3) is 0 Å². The van der Waals surface area contributed by atoms with Crippen molar-refractivity contribution in [3.63, 3.8) is 0 Å². The number of aliphatic carboxylic acids is 1. The maximum absolute atomic E-state index is 10.6. The highest BCUT2D eigenvalue weighted by Crippen LogP contribution is 2.20. The van der Waals surface area contributed by atoms with Crippen molar-refractivity contribution in [3.8, 4) is 0 Å². The van der Waals surface area contributed by atoms with E-state index < -0.39 is 11.5 Å². The van der Waals surface area contributed by atoms with Crippen LogP contribution in [0, 0.1) is 0 Å². The number of aromatic amines is 1. The third-order valence-corrected chi connectivity index (χ3v) is 1.90. The van der Waals surface area contributed by atoms with Crippen molar-refractivity contribution < 1.29 is 14.7 Å². The Morgan fingerprint density at radius 2 is 2.57 bits per heavy atom. The SMILES string of the molecule is CC(CC(=O)O)(NC=O)c1ncc[nH]1. The summed E-state index contributed by atoms with van der Waals surface area (Å²) < 4.78 is 0. The molecule has 1 unspecified atom stereocenters. The van der Waals surface area contributed by atoms with E-state index in [0.29, 0.717) is 12.2 Å². The summed E-state index contributed by atoms with van der Waals surface area (Å²) in [5, 5.41) is 11.1. The Morgan fingerprint density at radius 3 is 3.00 bits per heavy atom. The minimum Gasteiger partial charge on any atom is -0.481 e. The van der Waals surface area contributed by atoms with Gasteiger partial charge in [-0.2, -0.15) is 0 Å². The summed E-state index contributed by atoms with van der Waals surface area (Å²) in [6.07, 6.45) is 3.31.